The lowest BCUT2D eigenvalue weighted by atomic mass is 10.0. The van der Waals surface area contributed by atoms with Crippen molar-refractivity contribution in [3.05, 3.63) is 82.6 Å². The Kier molecular flexibility index (Phi) is 3.86. The summed E-state index contributed by atoms with van der Waals surface area (Å²) in [7, 11) is 0. The van der Waals surface area contributed by atoms with Gasteiger partial charge in [0.25, 0.3) is 0 Å². The Balaban J connectivity index is 1.54. The average molecular weight is 361 g/mol. The maximum Gasteiger partial charge on any atom is 0.420 e. The molecule has 0 amide bonds. The number of aromatic amines is 1. The minimum absolute atomic E-state index is 0.0271. The summed E-state index contributed by atoms with van der Waals surface area (Å²) in [6.07, 6.45) is 4.44. The van der Waals surface area contributed by atoms with Crippen LogP contribution >= 0.6 is 0 Å². The highest BCUT2D eigenvalue weighted by Crippen LogP contribution is 2.30. The van der Waals surface area contributed by atoms with E-state index in [0.29, 0.717) is 18.7 Å². The smallest absolute Gasteiger partial charge is 0.408 e. The predicted molar refractivity (Wildman–Crippen MR) is 100 cm³/mol. The summed E-state index contributed by atoms with van der Waals surface area (Å²) in [6, 6.07) is 13.4. The SMILES string of the molecule is O=c1oc2ccccc2n1CC1c2nc[nH]c2CCN1Cc1ccccn1. The lowest BCUT2D eigenvalue weighted by Crippen LogP contribution is -2.38. The summed E-state index contributed by atoms with van der Waals surface area (Å²) in [4.78, 5) is 27.1. The number of H-pyrrole nitrogens is 1. The monoisotopic (exact) mass is 361 g/mol. The van der Waals surface area contributed by atoms with Crippen molar-refractivity contribution in [3.63, 3.8) is 0 Å². The fraction of sp³-hybridized carbons (Fsp3) is 0.250. The number of hydrogen-bond acceptors (Lipinski definition) is 5. The largest absolute Gasteiger partial charge is 0.420 e. The quantitative estimate of drug-likeness (QED) is 0.604. The highest BCUT2D eigenvalue weighted by Gasteiger charge is 2.31. The second-order valence-electron chi connectivity index (χ2n) is 6.77. The van der Waals surface area contributed by atoms with Crippen LogP contribution in [0.4, 0.5) is 0 Å². The zero-order chi connectivity index (χ0) is 18.2. The van der Waals surface area contributed by atoms with Crippen molar-refractivity contribution in [2.45, 2.75) is 25.6 Å². The van der Waals surface area contributed by atoms with Crippen LogP contribution < -0.4 is 5.76 Å². The molecule has 27 heavy (non-hydrogen) atoms. The molecule has 7 heteroatoms. The number of imidazole rings is 1. The highest BCUT2D eigenvalue weighted by molar-refractivity contribution is 5.72. The molecule has 5 rings (SSSR count). The van der Waals surface area contributed by atoms with Crippen LogP contribution in [0.5, 0.6) is 0 Å². The number of nitrogens with one attached hydrogen (secondary N) is 1. The van der Waals surface area contributed by atoms with Crippen LogP contribution in [0.1, 0.15) is 23.1 Å². The van der Waals surface area contributed by atoms with Crippen molar-refractivity contribution < 1.29 is 4.42 Å². The van der Waals surface area contributed by atoms with Gasteiger partial charge in [0.1, 0.15) is 0 Å². The van der Waals surface area contributed by atoms with Crippen molar-refractivity contribution in [2.24, 2.45) is 0 Å². The predicted octanol–water partition coefficient (Wildman–Crippen LogP) is 2.51. The van der Waals surface area contributed by atoms with Gasteiger partial charge in [-0.1, -0.05) is 18.2 Å². The standard InChI is InChI=1S/C20H19N5O2/c26-20-25(16-6-1-2-7-18(16)27-20)12-17-19-15(22-13-23-19)8-10-24(17)11-14-5-3-4-9-21-14/h1-7,9,13,17H,8,10-12H2,(H,22,23). The van der Waals surface area contributed by atoms with E-state index in [1.807, 2.05) is 48.7 Å². The molecule has 1 aliphatic heterocycles. The number of hydrogen-bond donors (Lipinski definition) is 1. The lowest BCUT2D eigenvalue weighted by molar-refractivity contribution is 0.151. The molecule has 0 saturated carbocycles. The Morgan fingerprint density at radius 1 is 1.15 bits per heavy atom. The van der Waals surface area contributed by atoms with Crippen molar-refractivity contribution in [1.29, 1.82) is 0 Å². The van der Waals surface area contributed by atoms with E-state index in [1.165, 1.54) is 0 Å². The third-order valence-electron chi connectivity index (χ3n) is 5.18. The van der Waals surface area contributed by atoms with Crippen LogP contribution in [-0.2, 0) is 19.5 Å². The van der Waals surface area contributed by atoms with Gasteiger partial charge in [0.15, 0.2) is 5.58 Å². The summed E-state index contributed by atoms with van der Waals surface area (Å²) >= 11 is 0. The van der Waals surface area contributed by atoms with E-state index in [1.54, 1.807) is 10.9 Å². The molecule has 0 fully saturated rings. The molecule has 0 aliphatic carbocycles. The molecular formula is C20H19N5O2. The Morgan fingerprint density at radius 2 is 2.04 bits per heavy atom. The number of fused-ring (bicyclic) bond motifs is 2. The highest BCUT2D eigenvalue weighted by atomic mass is 16.4. The zero-order valence-corrected chi connectivity index (χ0v) is 14.7. The lowest BCUT2D eigenvalue weighted by Gasteiger charge is -2.34. The van der Waals surface area contributed by atoms with E-state index in [4.69, 9.17) is 4.42 Å². The van der Waals surface area contributed by atoms with E-state index >= 15 is 0 Å². The minimum atomic E-state index is -0.336. The molecule has 1 unspecified atom stereocenters. The summed E-state index contributed by atoms with van der Waals surface area (Å²) in [6.45, 7) is 2.07. The van der Waals surface area contributed by atoms with Crippen LogP contribution in [0.2, 0.25) is 0 Å². The van der Waals surface area contributed by atoms with Gasteiger partial charge in [-0.25, -0.2) is 9.78 Å². The first-order chi connectivity index (χ1) is 13.3. The van der Waals surface area contributed by atoms with Gasteiger partial charge in [-0.05, 0) is 24.3 Å². The molecule has 0 bridgehead atoms. The molecule has 7 nitrogen and oxygen atoms in total. The van der Waals surface area contributed by atoms with Gasteiger partial charge in [-0.2, -0.15) is 0 Å². The van der Waals surface area contributed by atoms with Crippen LogP contribution in [0.15, 0.2) is 64.2 Å². The molecule has 136 valence electrons. The van der Waals surface area contributed by atoms with Crippen molar-refractivity contribution >= 4 is 11.1 Å². The van der Waals surface area contributed by atoms with Gasteiger partial charge < -0.3 is 9.40 Å². The molecule has 1 aromatic carbocycles. The fourth-order valence-electron chi connectivity index (χ4n) is 3.85. The summed E-state index contributed by atoms with van der Waals surface area (Å²) < 4.78 is 7.12. The summed E-state index contributed by atoms with van der Waals surface area (Å²) in [5, 5.41) is 0. The second-order valence-corrected chi connectivity index (χ2v) is 6.77. The third-order valence-corrected chi connectivity index (χ3v) is 5.18. The van der Waals surface area contributed by atoms with Gasteiger partial charge in [0, 0.05) is 31.4 Å². The van der Waals surface area contributed by atoms with E-state index in [9.17, 15) is 4.79 Å². The first-order valence-electron chi connectivity index (χ1n) is 9.04. The van der Waals surface area contributed by atoms with E-state index in [-0.39, 0.29) is 11.8 Å². The van der Waals surface area contributed by atoms with Gasteiger partial charge in [0.2, 0.25) is 0 Å². The Bertz CT molecular complexity index is 1130. The van der Waals surface area contributed by atoms with E-state index in [2.05, 4.69) is 19.9 Å². The summed E-state index contributed by atoms with van der Waals surface area (Å²) in [5.74, 6) is -0.336. The maximum absolute atomic E-state index is 12.5. The second kappa shape index (κ2) is 6.51. The van der Waals surface area contributed by atoms with Crippen molar-refractivity contribution in [3.8, 4) is 0 Å². The average Bonchev–Trinajstić information content (AvgIpc) is 3.29. The van der Waals surface area contributed by atoms with Crippen LogP contribution in [0.25, 0.3) is 11.1 Å². The van der Waals surface area contributed by atoms with Crippen molar-refractivity contribution in [2.75, 3.05) is 6.54 Å². The minimum Gasteiger partial charge on any atom is -0.408 e. The Labute approximate surface area is 155 Å². The number of aromatic nitrogens is 4. The number of oxazole rings is 1. The van der Waals surface area contributed by atoms with Gasteiger partial charge >= 0.3 is 5.76 Å². The number of pyridine rings is 1. The zero-order valence-electron chi connectivity index (χ0n) is 14.7. The molecule has 1 atom stereocenters. The molecule has 0 spiro atoms. The molecule has 3 aromatic heterocycles. The van der Waals surface area contributed by atoms with Crippen molar-refractivity contribution in [1.82, 2.24) is 24.4 Å². The van der Waals surface area contributed by atoms with Gasteiger partial charge in [0.05, 0.1) is 35.8 Å². The molecule has 4 heterocycles. The number of benzene rings is 1. The number of nitrogens with zero attached hydrogens (tertiary/aromatic N) is 4. The van der Waals surface area contributed by atoms with Crippen LogP contribution in [0.3, 0.4) is 0 Å². The Morgan fingerprint density at radius 3 is 2.93 bits per heavy atom. The fourth-order valence-corrected chi connectivity index (χ4v) is 3.85. The van der Waals surface area contributed by atoms with Crippen LogP contribution in [-0.4, -0.2) is 31.0 Å². The van der Waals surface area contributed by atoms with E-state index < -0.39 is 0 Å². The van der Waals surface area contributed by atoms with E-state index in [0.717, 1.165) is 35.6 Å². The Hall–Kier alpha value is -3.19. The molecule has 1 N–H and O–H groups in total. The molecule has 0 saturated heterocycles. The summed E-state index contributed by atoms with van der Waals surface area (Å²) in [5.41, 5.74) is 4.55. The molecular weight excluding hydrogens is 342 g/mol. The number of para-hydroxylation sites is 2. The number of rotatable bonds is 4. The molecule has 4 aromatic rings. The molecule has 0 radical (unpaired) electrons. The first kappa shape index (κ1) is 16.0. The normalized spacial score (nSPS) is 17.3. The topological polar surface area (TPSA) is 80.0 Å². The van der Waals surface area contributed by atoms with Crippen LogP contribution in [0, 0.1) is 0 Å². The van der Waals surface area contributed by atoms with Gasteiger partial charge in [-0.3, -0.25) is 14.5 Å². The third kappa shape index (κ3) is 2.86. The molecule has 1 aliphatic rings. The maximum atomic E-state index is 12.5. The first-order valence-corrected chi connectivity index (χ1v) is 9.04. The van der Waals surface area contributed by atoms with Gasteiger partial charge in [-0.15, -0.1) is 0 Å².